The molecule has 6 heteroatoms. The molecule has 4 rings (SSSR count). The fourth-order valence-electron chi connectivity index (χ4n) is 2.50. The van der Waals surface area contributed by atoms with Gasteiger partial charge in [-0.25, -0.2) is 14.2 Å². The number of rotatable bonds is 2. The summed E-state index contributed by atoms with van der Waals surface area (Å²) in [6.07, 6.45) is -0.160. The second kappa shape index (κ2) is 5.31. The second-order valence-electron chi connectivity index (χ2n) is 5.20. The third-order valence-corrected chi connectivity index (χ3v) is 3.67. The number of benzene rings is 2. The Morgan fingerprint density at radius 1 is 1.09 bits per heavy atom. The van der Waals surface area contributed by atoms with E-state index in [1.807, 2.05) is 0 Å². The average Bonchev–Trinajstić information content (AvgIpc) is 3.05. The van der Waals surface area contributed by atoms with E-state index in [1.54, 1.807) is 36.4 Å². The third kappa shape index (κ3) is 2.48. The van der Waals surface area contributed by atoms with E-state index >= 15 is 0 Å². The van der Waals surface area contributed by atoms with Crippen molar-refractivity contribution in [2.45, 2.75) is 12.5 Å². The highest BCUT2D eigenvalue weighted by atomic mass is 19.1. The topological polar surface area (TPSA) is 64.7 Å². The van der Waals surface area contributed by atoms with Crippen LogP contribution in [0, 0.1) is 5.82 Å². The van der Waals surface area contributed by atoms with E-state index in [0.29, 0.717) is 23.0 Å². The Morgan fingerprint density at radius 2 is 1.87 bits per heavy atom. The third-order valence-electron chi connectivity index (χ3n) is 3.67. The standard InChI is InChI=1S/C17H11FN2O3/c18-11-7-5-10(6-8-11)14-9-15(23-20-14)16-19-13-4-2-1-3-12(13)17(21)22-16/h1-8,15H,9H2. The lowest BCUT2D eigenvalue weighted by molar-refractivity contribution is 0.0618. The molecule has 0 aliphatic carbocycles. The monoisotopic (exact) mass is 310 g/mol. The summed E-state index contributed by atoms with van der Waals surface area (Å²) < 4.78 is 18.2. The quantitative estimate of drug-likeness (QED) is 0.729. The molecule has 0 saturated heterocycles. The normalized spacial score (nSPS) is 17.1. The number of para-hydroxylation sites is 1. The molecule has 1 aliphatic heterocycles. The molecule has 0 saturated carbocycles. The van der Waals surface area contributed by atoms with E-state index in [-0.39, 0.29) is 11.7 Å². The molecule has 2 heterocycles. The van der Waals surface area contributed by atoms with Crippen LogP contribution in [0.3, 0.4) is 0 Å². The molecule has 0 bridgehead atoms. The fraction of sp³-hybridized carbons (Fsp3) is 0.118. The lowest BCUT2D eigenvalue weighted by Crippen LogP contribution is -2.09. The van der Waals surface area contributed by atoms with Gasteiger partial charge < -0.3 is 9.25 Å². The van der Waals surface area contributed by atoms with Crippen molar-refractivity contribution in [1.29, 1.82) is 0 Å². The van der Waals surface area contributed by atoms with Crippen molar-refractivity contribution in [3.8, 4) is 0 Å². The van der Waals surface area contributed by atoms with E-state index in [0.717, 1.165) is 5.56 Å². The van der Waals surface area contributed by atoms with Crippen molar-refractivity contribution >= 4 is 16.6 Å². The number of fused-ring (bicyclic) bond motifs is 1. The Labute approximate surface area is 130 Å². The maximum absolute atomic E-state index is 13.0. The molecule has 1 aromatic heterocycles. The van der Waals surface area contributed by atoms with Gasteiger partial charge in [0.15, 0.2) is 0 Å². The van der Waals surface area contributed by atoms with Crippen molar-refractivity contribution in [1.82, 2.24) is 4.98 Å². The number of hydrogen-bond acceptors (Lipinski definition) is 5. The summed E-state index contributed by atoms with van der Waals surface area (Å²) in [5, 5.41) is 4.42. The van der Waals surface area contributed by atoms with Gasteiger partial charge >= 0.3 is 5.63 Å². The van der Waals surface area contributed by atoms with Gasteiger partial charge in [0, 0.05) is 6.42 Å². The number of oxime groups is 1. The zero-order valence-electron chi connectivity index (χ0n) is 11.9. The Morgan fingerprint density at radius 3 is 2.70 bits per heavy atom. The van der Waals surface area contributed by atoms with Gasteiger partial charge in [-0.15, -0.1) is 0 Å². The summed E-state index contributed by atoms with van der Waals surface area (Å²) in [4.78, 5) is 21.7. The molecular weight excluding hydrogens is 299 g/mol. The maximum atomic E-state index is 13.0. The zero-order valence-corrected chi connectivity index (χ0v) is 11.9. The van der Waals surface area contributed by atoms with Gasteiger partial charge in [-0.1, -0.05) is 29.4 Å². The predicted octanol–water partition coefficient (Wildman–Crippen LogP) is 3.19. The van der Waals surface area contributed by atoms with Crippen LogP contribution in [0.1, 0.15) is 24.0 Å². The molecule has 0 N–H and O–H groups in total. The summed E-state index contributed by atoms with van der Waals surface area (Å²) >= 11 is 0. The smallest absolute Gasteiger partial charge is 0.346 e. The highest BCUT2D eigenvalue weighted by Gasteiger charge is 2.28. The van der Waals surface area contributed by atoms with E-state index in [1.165, 1.54) is 12.1 Å². The van der Waals surface area contributed by atoms with Crippen LogP contribution >= 0.6 is 0 Å². The van der Waals surface area contributed by atoms with Crippen LogP contribution in [0.25, 0.3) is 10.9 Å². The van der Waals surface area contributed by atoms with Gasteiger partial charge in [0.05, 0.1) is 16.6 Å². The minimum absolute atomic E-state index is 0.189. The lowest BCUT2D eigenvalue weighted by atomic mass is 10.0. The van der Waals surface area contributed by atoms with Crippen LogP contribution in [0.15, 0.2) is 62.9 Å². The molecule has 0 radical (unpaired) electrons. The van der Waals surface area contributed by atoms with Crippen LogP contribution in [-0.2, 0) is 4.84 Å². The Kier molecular flexibility index (Phi) is 3.15. The number of aromatic nitrogens is 1. The molecule has 1 atom stereocenters. The Bertz CT molecular complexity index is 963. The second-order valence-corrected chi connectivity index (χ2v) is 5.20. The van der Waals surface area contributed by atoms with Gasteiger partial charge in [-0.2, -0.15) is 0 Å². The molecular formula is C17H11FN2O3. The van der Waals surface area contributed by atoms with Gasteiger partial charge in [-0.3, -0.25) is 0 Å². The van der Waals surface area contributed by atoms with Crippen LogP contribution in [0.5, 0.6) is 0 Å². The van der Waals surface area contributed by atoms with Gasteiger partial charge in [-0.05, 0) is 29.8 Å². The van der Waals surface area contributed by atoms with Crippen LogP contribution < -0.4 is 5.63 Å². The maximum Gasteiger partial charge on any atom is 0.346 e. The van der Waals surface area contributed by atoms with Crippen molar-refractivity contribution in [2.75, 3.05) is 0 Å². The summed E-state index contributed by atoms with van der Waals surface area (Å²) in [6.45, 7) is 0. The number of hydrogen-bond donors (Lipinski definition) is 0. The number of nitrogens with zero attached hydrogens (tertiary/aromatic N) is 2. The van der Waals surface area contributed by atoms with Crippen molar-refractivity contribution in [3.63, 3.8) is 0 Å². The summed E-state index contributed by atoms with van der Waals surface area (Å²) in [7, 11) is 0. The molecule has 0 amide bonds. The van der Waals surface area contributed by atoms with Crippen LogP contribution in [0.4, 0.5) is 4.39 Å². The van der Waals surface area contributed by atoms with E-state index < -0.39 is 11.7 Å². The van der Waals surface area contributed by atoms with Crippen molar-refractivity contribution in [2.24, 2.45) is 5.16 Å². The molecule has 23 heavy (non-hydrogen) atoms. The largest absolute Gasteiger partial charge is 0.404 e. The first-order valence-corrected chi connectivity index (χ1v) is 7.09. The minimum Gasteiger partial charge on any atom is -0.404 e. The van der Waals surface area contributed by atoms with Crippen LogP contribution in [-0.4, -0.2) is 10.7 Å². The number of halogens is 1. The summed E-state index contributed by atoms with van der Waals surface area (Å²) in [5.74, 6) is -0.124. The molecule has 5 nitrogen and oxygen atoms in total. The first kappa shape index (κ1) is 13.6. The predicted molar refractivity (Wildman–Crippen MR) is 81.7 cm³/mol. The fourth-order valence-corrected chi connectivity index (χ4v) is 2.50. The van der Waals surface area contributed by atoms with Crippen LogP contribution in [0.2, 0.25) is 0 Å². The molecule has 0 fully saturated rings. The average molecular weight is 310 g/mol. The summed E-state index contributed by atoms with van der Waals surface area (Å²) in [6, 6.07) is 12.9. The van der Waals surface area contributed by atoms with Gasteiger partial charge in [0.2, 0.25) is 12.0 Å². The highest BCUT2D eigenvalue weighted by molar-refractivity contribution is 6.01. The van der Waals surface area contributed by atoms with E-state index in [2.05, 4.69) is 10.1 Å². The zero-order chi connectivity index (χ0) is 15.8. The van der Waals surface area contributed by atoms with Gasteiger partial charge in [0.1, 0.15) is 5.82 Å². The molecule has 1 aliphatic rings. The molecule has 1 unspecified atom stereocenters. The van der Waals surface area contributed by atoms with Crippen molar-refractivity contribution < 1.29 is 13.6 Å². The lowest BCUT2D eigenvalue weighted by Gasteiger charge is -2.06. The first-order valence-electron chi connectivity index (χ1n) is 7.09. The molecule has 0 spiro atoms. The summed E-state index contributed by atoms with van der Waals surface area (Å²) in [5.41, 5.74) is 1.52. The molecule has 2 aromatic carbocycles. The van der Waals surface area contributed by atoms with E-state index in [4.69, 9.17) is 9.25 Å². The van der Waals surface area contributed by atoms with E-state index in [9.17, 15) is 9.18 Å². The first-order chi connectivity index (χ1) is 11.2. The highest BCUT2D eigenvalue weighted by Crippen LogP contribution is 2.28. The molecule has 114 valence electrons. The SMILES string of the molecule is O=c1oc(C2CC(c3ccc(F)cc3)=NO2)nc2ccccc12. The Hall–Kier alpha value is -3.02. The minimum atomic E-state index is -0.563. The Balaban J connectivity index is 1.64. The van der Waals surface area contributed by atoms with Crippen molar-refractivity contribution in [3.05, 3.63) is 76.2 Å². The van der Waals surface area contributed by atoms with Gasteiger partial charge in [0.25, 0.3) is 0 Å². The molecule has 3 aromatic rings.